The van der Waals surface area contributed by atoms with Gasteiger partial charge in [-0.1, -0.05) is 55.3 Å². The molecule has 2 aromatic carbocycles. The molecular weight excluding hydrogens is 407 g/mol. The first kappa shape index (κ1) is 21.6. The van der Waals surface area contributed by atoms with E-state index >= 15 is 0 Å². The molecule has 0 atom stereocenters. The first-order valence-electron chi connectivity index (χ1n) is 10.9. The Morgan fingerprint density at radius 1 is 1.00 bits per heavy atom. The summed E-state index contributed by atoms with van der Waals surface area (Å²) >= 11 is 0. The van der Waals surface area contributed by atoms with Crippen molar-refractivity contribution in [2.45, 2.75) is 32.1 Å². The highest BCUT2D eigenvalue weighted by Gasteiger charge is 2.23. The van der Waals surface area contributed by atoms with E-state index in [1.165, 1.54) is 18.3 Å². The number of hydrogen-bond donors (Lipinski definition) is 2. The predicted molar refractivity (Wildman–Crippen MR) is 120 cm³/mol. The summed E-state index contributed by atoms with van der Waals surface area (Å²) in [4.78, 5) is 34.2. The molecule has 1 aromatic heterocycles. The van der Waals surface area contributed by atoms with Gasteiger partial charge in [0.15, 0.2) is 5.82 Å². The van der Waals surface area contributed by atoms with E-state index < -0.39 is 11.7 Å². The number of carbonyl (C=O) groups excluding carboxylic acids is 2. The van der Waals surface area contributed by atoms with Crippen molar-refractivity contribution >= 4 is 17.5 Å². The number of aromatic nitrogens is 2. The molecule has 0 spiro atoms. The van der Waals surface area contributed by atoms with Crippen LogP contribution >= 0.6 is 0 Å². The minimum Gasteiger partial charge on any atom is -0.355 e. The Kier molecular flexibility index (Phi) is 6.84. The Morgan fingerprint density at radius 3 is 2.47 bits per heavy atom. The van der Waals surface area contributed by atoms with Gasteiger partial charge >= 0.3 is 0 Å². The lowest BCUT2D eigenvalue weighted by Gasteiger charge is -2.13. The number of anilines is 1. The lowest BCUT2D eigenvalue weighted by atomic mass is 10.1. The van der Waals surface area contributed by atoms with Crippen molar-refractivity contribution in [1.82, 2.24) is 15.3 Å². The van der Waals surface area contributed by atoms with Gasteiger partial charge in [-0.25, -0.2) is 14.4 Å². The Hall–Kier alpha value is -3.61. The van der Waals surface area contributed by atoms with E-state index in [-0.39, 0.29) is 23.1 Å². The summed E-state index contributed by atoms with van der Waals surface area (Å²) in [5.74, 6) is -0.397. The molecule has 2 amide bonds. The van der Waals surface area contributed by atoms with E-state index in [9.17, 15) is 14.0 Å². The molecule has 7 heteroatoms. The highest BCUT2D eigenvalue weighted by Crippen LogP contribution is 2.24. The van der Waals surface area contributed by atoms with E-state index in [2.05, 4.69) is 20.6 Å². The molecule has 0 unspecified atom stereocenters. The number of nitrogens with one attached hydrogen (secondary N) is 2. The van der Waals surface area contributed by atoms with Gasteiger partial charge in [0.1, 0.15) is 5.82 Å². The maximum Gasteiger partial charge on any atom is 0.259 e. The molecule has 4 rings (SSSR count). The predicted octanol–water partition coefficient (Wildman–Crippen LogP) is 4.38. The van der Waals surface area contributed by atoms with E-state index in [1.807, 2.05) is 30.3 Å². The van der Waals surface area contributed by atoms with Gasteiger partial charge in [0.25, 0.3) is 5.91 Å². The van der Waals surface area contributed by atoms with Gasteiger partial charge in [-0.3, -0.25) is 9.59 Å². The number of carbonyl (C=O) groups is 2. The zero-order valence-electron chi connectivity index (χ0n) is 17.7. The van der Waals surface area contributed by atoms with Gasteiger partial charge in [0.2, 0.25) is 5.91 Å². The van der Waals surface area contributed by atoms with Crippen LogP contribution in [-0.4, -0.2) is 28.3 Å². The fourth-order valence-corrected chi connectivity index (χ4v) is 3.91. The van der Waals surface area contributed by atoms with Gasteiger partial charge in [0, 0.05) is 30.6 Å². The molecule has 6 nitrogen and oxygen atoms in total. The molecule has 32 heavy (non-hydrogen) atoms. The van der Waals surface area contributed by atoms with Gasteiger partial charge < -0.3 is 10.6 Å². The Balaban J connectivity index is 1.54. The summed E-state index contributed by atoms with van der Waals surface area (Å²) in [6, 6.07) is 15.4. The summed E-state index contributed by atoms with van der Waals surface area (Å²) < 4.78 is 14.0. The first-order valence-corrected chi connectivity index (χ1v) is 10.9. The van der Waals surface area contributed by atoms with Crippen LogP contribution in [0.15, 0.2) is 60.8 Å². The summed E-state index contributed by atoms with van der Waals surface area (Å²) in [5, 5.41) is 5.56. The molecule has 1 heterocycles. The molecular formula is C25H25FN4O2. The average Bonchev–Trinajstić information content (AvgIpc) is 3.36. The van der Waals surface area contributed by atoms with Crippen molar-refractivity contribution in [3.8, 4) is 11.4 Å². The molecule has 3 aromatic rings. The third-order valence-electron chi connectivity index (χ3n) is 5.65. The third-order valence-corrected chi connectivity index (χ3v) is 5.65. The van der Waals surface area contributed by atoms with Crippen LogP contribution < -0.4 is 10.6 Å². The molecule has 1 aliphatic carbocycles. The van der Waals surface area contributed by atoms with Gasteiger partial charge in [0.05, 0.1) is 16.9 Å². The largest absolute Gasteiger partial charge is 0.355 e. The zero-order chi connectivity index (χ0) is 22.3. The van der Waals surface area contributed by atoms with E-state index in [0.29, 0.717) is 24.5 Å². The van der Waals surface area contributed by atoms with E-state index in [4.69, 9.17) is 0 Å². The van der Waals surface area contributed by atoms with Crippen LogP contribution in [0.25, 0.3) is 11.4 Å². The van der Waals surface area contributed by atoms with Crippen molar-refractivity contribution < 1.29 is 14.0 Å². The number of benzene rings is 2. The summed E-state index contributed by atoms with van der Waals surface area (Å²) in [7, 11) is 0. The van der Waals surface area contributed by atoms with E-state index in [1.54, 1.807) is 12.1 Å². The molecule has 1 aliphatic rings. The summed E-state index contributed by atoms with van der Waals surface area (Å²) in [6.07, 6.45) is 5.84. The van der Waals surface area contributed by atoms with Gasteiger partial charge in [-0.2, -0.15) is 0 Å². The zero-order valence-corrected chi connectivity index (χ0v) is 17.7. The van der Waals surface area contributed by atoms with Crippen LogP contribution in [0.2, 0.25) is 0 Å². The highest BCUT2D eigenvalue weighted by atomic mass is 19.1. The maximum absolute atomic E-state index is 14.0. The minimum atomic E-state index is -0.520. The Labute approximate surface area is 186 Å². The fraction of sp³-hybridized carbons (Fsp3) is 0.280. The lowest BCUT2D eigenvalue weighted by molar-refractivity contribution is -0.124. The quantitative estimate of drug-likeness (QED) is 0.580. The van der Waals surface area contributed by atoms with Crippen molar-refractivity contribution in [2.75, 3.05) is 11.9 Å². The standard InChI is InChI=1S/C25H25FN4O2/c26-20-12-6-7-13-22(20)30-25(32)19-16-28-23(17-8-2-1-3-9-17)29-21(19)14-15-27-24(31)18-10-4-5-11-18/h1-3,6-9,12-13,16,18H,4-5,10-11,14-15H2,(H,27,31)(H,30,32). The molecule has 1 fully saturated rings. The van der Waals surface area contributed by atoms with Gasteiger partial charge in [-0.15, -0.1) is 0 Å². The van der Waals surface area contributed by atoms with Gasteiger partial charge in [-0.05, 0) is 25.0 Å². The number of amides is 2. The van der Waals surface area contributed by atoms with Crippen LogP contribution in [-0.2, 0) is 11.2 Å². The van der Waals surface area contributed by atoms with Crippen molar-refractivity contribution in [3.63, 3.8) is 0 Å². The molecule has 164 valence electrons. The van der Waals surface area contributed by atoms with E-state index in [0.717, 1.165) is 31.2 Å². The van der Waals surface area contributed by atoms with Crippen molar-refractivity contribution in [1.29, 1.82) is 0 Å². The van der Waals surface area contributed by atoms with Crippen LogP contribution in [0.5, 0.6) is 0 Å². The molecule has 0 saturated heterocycles. The molecule has 1 saturated carbocycles. The number of para-hydroxylation sites is 1. The fourth-order valence-electron chi connectivity index (χ4n) is 3.91. The Morgan fingerprint density at radius 2 is 1.72 bits per heavy atom. The second-order valence-electron chi connectivity index (χ2n) is 7.88. The van der Waals surface area contributed by atoms with Crippen LogP contribution in [0, 0.1) is 11.7 Å². The molecule has 2 N–H and O–H groups in total. The maximum atomic E-state index is 14.0. The second-order valence-corrected chi connectivity index (χ2v) is 7.88. The monoisotopic (exact) mass is 432 g/mol. The molecule has 0 bridgehead atoms. The normalized spacial score (nSPS) is 13.7. The van der Waals surface area contributed by atoms with Crippen LogP contribution in [0.3, 0.4) is 0 Å². The summed E-state index contributed by atoms with van der Waals surface area (Å²) in [6.45, 7) is 0.362. The molecule has 0 radical (unpaired) electrons. The minimum absolute atomic E-state index is 0.0530. The Bertz CT molecular complexity index is 1100. The van der Waals surface area contributed by atoms with Crippen molar-refractivity contribution in [3.05, 3.63) is 77.9 Å². The number of nitrogens with zero attached hydrogens (tertiary/aromatic N) is 2. The molecule has 0 aliphatic heterocycles. The van der Waals surface area contributed by atoms with Crippen molar-refractivity contribution in [2.24, 2.45) is 5.92 Å². The lowest BCUT2D eigenvalue weighted by Crippen LogP contribution is -2.31. The first-order chi connectivity index (χ1) is 15.6. The number of halogens is 1. The third kappa shape index (κ3) is 5.17. The topological polar surface area (TPSA) is 84.0 Å². The average molecular weight is 432 g/mol. The number of rotatable bonds is 7. The highest BCUT2D eigenvalue weighted by molar-refractivity contribution is 6.05. The smallest absolute Gasteiger partial charge is 0.259 e. The SMILES string of the molecule is O=C(Nc1ccccc1F)c1cnc(-c2ccccc2)nc1CCNC(=O)C1CCCC1. The van der Waals surface area contributed by atoms with Crippen LogP contribution in [0.4, 0.5) is 10.1 Å². The number of hydrogen-bond acceptors (Lipinski definition) is 4. The van der Waals surface area contributed by atoms with Crippen LogP contribution in [0.1, 0.15) is 41.7 Å². The summed E-state index contributed by atoms with van der Waals surface area (Å²) in [5.41, 5.74) is 1.66. The second kappa shape index (κ2) is 10.1.